The number of anilines is 1. The van der Waals surface area contributed by atoms with Crippen molar-refractivity contribution >= 4 is 5.69 Å². The number of methoxy groups -OCH3 is 1. The molecule has 0 bridgehead atoms. The molecule has 2 rings (SSSR count). The average Bonchev–Trinajstić information content (AvgIpc) is 2.40. The van der Waals surface area contributed by atoms with Crippen molar-refractivity contribution < 1.29 is 4.74 Å². The van der Waals surface area contributed by atoms with Gasteiger partial charge >= 0.3 is 0 Å². The molecule has 1 aliphatic heterocycles. The van der Waals surface area contributed by atoms with Crippen LogP contribution in [-0.2, 0) is 0 Å². The summed E-state index contributed by atoms with van der Waals surface area (Å²) in [6, 6.07) is 8.27. The van der Waals surface area contributed by atoms with Crippen LogP contribution >= 0.6 is 0 Å². The van der Waals surface area contributed by atoms with E-state index in [4.69, 9.17) is 4.74 Å². The van der Waals surface area contributed by atoms with Crippen LogP contribution in [0.4, 0.5) is 5.69 Å². The van der Waals surface area contributed by atoms with Crippen molar-refractivity contribution in [3.63, 3.8) is 0 Å². The quantitative estimate of drug-likeness (QED) is 0.739. The van der Waals surface area contributed by atoms with Gasteiger partial charge in [0.15, 0.2) is 0 Å². The van der Waals surface area contributed by atoms with E-state index in [0.29, 0.717) is 0 Å². The van der Waals surface area contributed by atoms with Crippen LogP contribution in [0.25, 0.3) is 0 Å². The van der Waals surface area contributed by atoms with Gasteiger partial charge in [-0.3, -0.25) is 4.90 Å². The molecule has 3 nitrogen and oxygen atoms in total. The van der Waals surface area contributed by atoms with E-state index in [-0.39, 0.29) is 0 Å². The van der Waals surface area contributed by atoms with E-state index >= 15 is 0 Å². The highest BCUT2D eigenvalue weighted by Gasteiger charge is 2.16. The fourth-order valence-corrected chi connectivity index (χ4v) is 2.18. The van der Waals surface area contributed by atoms with Crippen molar-refractivity contribution in [1.82, 2.24) is 4.90 Å². The first-order valence-electron chi connectivity index (χ1n) is 6.05. The number of hydrogen-bond donors (Lipinski definition) is 0. The third-order valence-corrected chi connectivity index (χ3v) is 3.18. The van der Waals surface area contributed by atoms with Crippen LogP contribution in [0, 0.1) is 0 Å². The highest BCUT2D eigenvalue weighted by atomic mass is 16.5. The monoisotopic (exact) mass is 232 g/mol. The topological polar surface area (TPSA) is 15.7 Å². The molecule has 1 aliphatic rings. The first-order chi connectivity index (χ1) is 8.33. The van der Waals surface area contributed by atoms with Crippen molar-refractivity contribution in [2.45, 2.75) is 0 Å². The summed E-state index contributed by atoms with van der Waals surface area (Å²) in [5.41, 5.74) is 1.25. The Morgan fingerprint density at radius 2 is 2.06 bits per heavy atom. The molecule has 0 unspecified atom stereocenters. The van der Waals surface area contributed by atoms with E-state index < -0.39 is 0 Å². The molecular formula is C14H20N2O. The Hall–Kier alpha value is -1.48. The Kier molecular flexibility index (Phi) is 4.04. The highest BCUT2D eigenvalue weighted by Crippen LogP contribution is 2.21. The molecule has 1 saturated heterocycles. The molecule has 1 heterocycles. The summed E-state index contributed by atoms with van der Waals surface area (Å²) in [4.78, 5) is 4.83. The average molecular weight is 232 g/mol. The van der Waals surface area contributed by atoms with Crippen LogP contribution in [0.15, 0.2) is 36.9 Å². The largest absolute Gasteiger partial charge is 0.497 e. The van der Waals surface area contributed by atoms with Gasteiger partial charge in [0, 0.05) is 44.5 Å². The lowest BCUT2D eigenvalue weighted by Crippen LogP contribution is -2.46. The molecule has 1 aromatic rings. The van der Waals surface area contributed by atoms with E-state index in [1.807, 2.05) is 18.2 Å². The van der Waals surface area contributed by atoms with E-state index in [1.165, 1.54) is 5.69 Å². The van der Waals surface area contributed by atoms with Crippen molar-refractivity contribution in [2.75, 3.05) is 44.7 Å². The van der Waals surface area contributed by atoms with Gasteiger partial charge in [-0.1, -0.05) is 12.1 Å². The summed E-state index contributed by atoms with van der Waals surface area (Å²) in [7, 11) is 1.71. The maximum Gasteiger partial charge on any atom is 0.120 e. The maximum absolute atomic E-state index is 5.26. The van der Waals surface area contributed by atoms with Gasteiger partial charge in [-0.15, -0.1) is 6.58 Å². The van der Waals surface area contributed by atoms with Gasteiger partial charge in [0.05, 0.1) is 7.11 Å². The number of ether oxygens (including phenoxy) is 1. The van der Waals surface area contributed by atoms with E-state index in [0.717, 1.165) is 38.5 Å². The van der Waals surface area contributed by atoms with Crippen LogP contribution in [0.2, 0.25) is 0 Å². The predicted octanol–water partition coefficient (Wildman–Crippen LogP) is 2.00. The fourth-order valence-electron chi connectivity index (χ4n) is 2.18. The lowest BCUT2D eigenvalue weighted by Gasteiger charge is -2.35. The summed E-state index contributed by atoms with van der Waals surface area (Å²) in [6.07, 6.45) is 1.97. The van der Waals surface area contributed by atoms with Gasteiger partial charge in [0.25, 0.3) is 0 Å². The number of rotatable bonds is 4. The van der Waals surface area contributed by atoms with Gasteiger partial charge in [-0.2, -0.15) is 0 Å². The maximum atomic E-state index is 5.26. The Balaban J connectivity index is 1.97. The summed E-state index contributed by atoms with van der Waals surface area (Å²) in [6.45, 7) is 9.12. The van der Waals surface area contributed by atoms with Crippen LogP contribution in [0.5, 0.6) is 5.75 Å². The molecule has 1 aromatic carbocycles. The van der Waals surface area contributed by atoms with Crippen molar-refractivity contribution in [3.05, 3.63) is 36.9 Å². The third kappa shape index (κ3) is 3.01. The molecule has 3 heteroatoms. The lowest BCUT2D eigenvalue weighted by atomic mass is 10.2. The second kappa shape index (κ2) is 5.73. The Morgan fingerprint density at radius 3 is 2.71 bits per heavy atom. The standard InChI is InChI=1S/C14H20N2O/c1-3-7-15-8-10-16(11-9-15)13-5-4-6-14(12-13)17-2/h3-6,12H,1,7-11H2,2H3. The lowest BCUT2D eigenvalue weighted by molar-refractivity contribution is 0.284. The molecule has 17 heavy (non-hydrogen) atoms. The molecule has 0 aromatic heterocycles. The number of hydrogen-bond acceptors (Lipinski definition) is 3. The molecule has 0 aliphatic carbocycles. The molecule has 0 atom stereocenters. The molecule has 0 radical (unpaired) electrons. The minimum atomic E-state index is 0.927. The first kappa shape index (κ1) is 12.0. The number of piperazine rings is 1. The van der Waals surface area contributed by atoms with Crippen LogP contribution in [0.1, 0.15) is 0 Å². The highest BCUT2D eigenvalue weighted by molar-refractivity contribution is 5.51. The van der Waals surface area contributed by atoms with Gasteiger partial charge < -0.3 is 9.64 Å². The van der Waals surface area contributed by atoms with E-state index in [1.54, 1.807) is 7.11 Å². The van der Waals surface area contributed by atoms with Gasteiger partial charge in [0.1, 0.15) is 5.75 Å². The van der Waals surface area contributed by atoms with Crippen molar-refractivity contribution in [3.8, 4) is 5.75 Å². The molecule has 0 saturated carbocycles. The number of benzene rings is 1. The summed E-state index contributed by atoms with van der Waals surface area (Å²) in [5.74, 6) is 0.927. The summed E-state index contributed by atoms with van der Waals surface area (Å²) >= 11 is 0. The zero-order chi connectivity index (χ0) is 12.1. The zero-order valence-corrected chi connectivity index (χ0v) is 10.4. The molecule has 0 amide bonds. The molecule has 0 spiro atoms. The van der Waals surface area contributed by atoms with Crippen LogP contribution in [0.3, 0.4) is 0 Å². The van der Waals surface area contributed by atoms with Crippen LogP contribution in [-0.4, -0.2) is 44.7 Å². The molecular weight excluding hydrogens is 212 g/mol. The zero-order valence-electron chi connectivity index (χ0n) is 10.4. The van der Waals surface area contributed by atoms with Gasteiger partial charge in [0.2, 0.25) is 0 Å². The van der Waals surface area contributed by atoms with Gasteiger partial charge in [-0.05, 0) is 12.1 Å². The third-order valence-electron chi connectivity index (χ3n) is 3.18. The SMILES string of the molecule is C=CCN1CCN(c2cccc(OC)c2)CC1. The van der Waals surface area contributed by atoms with Gasteiger partial charge in [-0.25, -0.2) is 0 Å². The Morgan fingerprint density at radius 1 is 1.29 bits per heavy atom. The van der Waals surface area contributed by atoms with Crippen molar-refractivity contribution in [1.29, 1.82) is 0 Å². The second-order valence-corrected chi connectivity index (χ2v) is 4.28. The molecule has 92 valence electrons. The fraction of sp³-hybridized carbons (Fsp3) is 0.429. The van der Waals surface area contributed by atoms with E-state index in [2.05, 4.69) is 28.5 Å². The summed E-state index contributed by atoms with van der Waals surface area (Å²) < 4.78 is 5.26. The number of nitrogens with zero attached hydrogens (tertiary/aromatic N) is 2. The molecule has 1 fully saturated rings. The van der Waals surface area contributed by atoms with Crippen molar-refractivity contribution in [2.24, 2.45) is 0 Å². The normalized spacial score (nSPS) is 16.9. The molecule has 0 N–H and O–H groups in total. The second-order valence-electron chi connectivity index (χ2n) is 4.28. The minimum Gasteiger partial charge on any atom is -0.497 e. The Bertz CT molecular complexity index is 370. The summed E-state index contributed by atoms with van der Waals surface area (Å²) in [5, 5.41) is 0. The first-order valence-corrected chi connectivity index (χ1v) is 6.05. The Labute approximate surface area is 103 Å². The smallest absolute Gasteiger partial charge is 0.120 e. The predicted molar refractivity (Wildman–Crippen MR) is 71.8 cm³/mol. The van der Waals surface area contributed by atoms with Crippen LogP contribution < -0.4 is 9.64 Å². The van der Waals surface area contributed by atoms with E-state index in [9.17, 15) is 0 Å². The minimum absolute atomic E-state index is 0.927.